The maximum absolute atomic E-state index is 13.9. The molecule has 6 aromatic rings. The number of anilines is 2. The molecule has 2 aliphatic rings. The van der Waals surface area contributed by atoms with Crippen LogP contribution in [0.15, 0.2) is 69.9 Å². The largest absolute Gasteiger partial charge is 0.489 e. The normalized spacial score (nSPS) is 18.4. The molecule has 35 heteroatoms. The summed E-state index contributed by atoms with van der Waals surface area (Å²) in [5.74, 6) is -6.95. The number of nitrogens with zero attached hydrogens (tertiary/aromatic N) is 10. The molecule has 0 aliphatic carbocycles. The fraction of sp³-hybridized carbons (Fsp3) is 0.417. The van der Waals surface area contributed by atoms with E-state index in [0.717, 1.165) is 44.5 Å². The molecule has 83 heavy (non-hydrogen) atoms. The number of nitrogens with one attached hydrogen (secondary N) is 2. The average Bonchev–Trinajstić information content (AvgIpc) is 2.67. The van der Waals surface area contributed by atoms with Gasteiger partial charge in [0.25, 0.3) is 35.8 Å². The van der Waals surface area contributed by atoms with E-state index in [-0.39, 0.29) is 33.7 Å². The lowest BCUT2D eigenvalue weighted by atomic mass is 9.84. The number of aromatic nitrogens is 6. The number of carbonyl (C=O) groups is 6. The Morgan fingerprint density at radius 2 is 1.07 bits per heavy atom. The highest BCUT2D eigenvalue weighted by Crippen LogP contribution is 2.37. The third kappa shape index (κ3) is 13.0. The zero-order valence-electron chi connectivity index (χ0n) is 45.7. The topological polar surface area (TPSA) is 435 Å². The fourth-order valence-corrected chi connectivity index (χ4v) is 10.7. The molecule has 2 fully saturated rings. The number of carbonyl (C=O) groups excluding carboxylic acids is 4. The molecule has 4 aromatic heterocycles. The van der Waals surface area contributed by atoms with Crippen LogP contribution in [-0.4, -0.2) is 156 Å². The molecule has 4 amide bonds. The first-order valence-corrected chi connectivity index (χ1v) is 28.1. The second-order valence-electron chi connectivity index (χ2n) is 20.4. The quantitative estimate of drug-likeness (QED) is 0.0133. The highest BCUT2D eigenvalue weighted by atomic mass is 32.3. The van der Waals surface area contributed by atoms with Crippen molar-refractivity contribution in [1.29, 1.82) is 0 Å². The molecule has 0 saturated carbocycles. The minimum Gasteiger partial charge on any atom is -0.489 e. The highest BCUT2D eigenvalue weighted by molar-refractivity contribution is 7.81. The third-order valence-corrected chi connectivity index (χ3v) is 15.1. The summed E-state index contributed by atoms with van der Waals surface area (Å²) in [4.78, 5) is 98.2. The van der Waals surface area contributed by atoms with E-state index in [1.54, 1.807) is 36.4 Å². The van der Waals surface area contributed by atoms with Gasteiger partial charge in [-0.05, 0) is 77.9 Å². The maximum atomic E-state index is 13.9. The lowest BCUT2D eigenvalue weighted by Crippen LogP contribution is -2.78. The number of oxime groups is 2. The zero-order chi connectivity index (χ0) is 60.6. The summed E-state index contributed by atoms with van der Waals surface area (Å²) in [6, 6.07) is 6.89. The number of β-lactam (4-membered cyclic amide) rings is 2. The molecule has 0 radical (unpaired) electrons. The number of carboxylic acids is 2. The number of nitrogen functional groups attached to an aromatic ring is 2. The van der Waals surface area contributed by atoms with Crippen LogP contribution in [0.2, 0.25) is 0 Å². The molecule has 0 spiro atoms. The molecule has 6 atom stereocenters. The monoisotopic (exact) mass is 1210 g/mol. The van der Waals surface area contributed by atoms with Gasteiger partial charge in [-0.2, -0.15) is 27.9 Å². The van der Waals surface area contributed by atoms with Crippen molar-refractivity contribution in [2.24, 2.45) is 35.9 Å². The second kappa shape index (κ2) is 23.7. The molecule has 0 bridgehead atoms. The van der Waals surface area contributed by atoms with Gasteiger partial charge < -0.3 is 62.9 Å². The molecule has 2 saturated heterocycles. The predicted molar refractivity (Wildman–Crippen MR) is 292 cm³/mol. The van der Waals surface area contributed by atoms with Gasteiger partial charge in [-0.25, -0.2) is 19.6 Å². The van der Waals surface area contributed by atoms with Crippen molar-refractivity contribution in [1.82, 2.24) is 40.1 Å². The van der Waals surface area contributed by atoms with E-state index >= 15 is 0 Å². The van der Waals surface area contributed by atoms with E-state index in [0.29, 0.717) is 34.7 Å². The van der Waals surface area contributed by atoms with Crippen molar-refractivity contribution in [2.75, 3.05) is 24.7 Å². The molecular weight excluding hydrogens is 1150 g/mol. The number of aliphatic carboxylic acids is 2. The minimum atomic E-state index is -5.36. The number of hydrogen-bond donors (Lipinski definition) is 8. The number of thiazole rings is 2. The fourth-order valence-electron chi connectivity index (χ4n) is 8.67. The molecule has 0 unspecified atom stereocenters. The van der Waals surface area contributed by atoms with Gasteiger partial charge in [0.1, 0.15) is 59.2 Å². The van der Waals surface area contributed by atoms with E-state index in [1.807, 2.05) is 59.1 Å². The predicted octanol–water partition coefficient (Wildman–Crippen LogP) is -1.46. The van der Waals surface area contributed by atoms with Gasteiger partial charge in [-0.3, -0.25) is 19.2 Å². The Bertz CT molecular complexity index is 3470. The van der Waals surface area contributed by atoms with Crippen molar-refractivity contribution >= 4 is 112 Å². The summed E-state index contributed by atoms with van der Waals surface area (Å²) in [5, 5.41) is 37.3. The van der Waals surface area contributed by atoms with Gasteiger partial charge >= 0.3 is 22.3 Å². The van der Waals surface area contributed by atoms with E-state index in [1.165, 1.54) is 38.5 Å². The number of fused-ring (bicyclic) bond motifs is 2. The highest BCUT2D eigenvalue weighted by Gasteiger charge is 2.61. The van der Waals surface area contributed by atoms with Crippen LogP contribution in [0.1, 0.15) is 52.9 Å². The van der Waals surface area contributed by atoms with Gasteiger partial charge in [0, 0.05) is 10.8 Å². The molecular formula is C48H60N16O16S3+2. The van der Waals surface area contributed by atoms with Crippen molar-refractivity contribution in [3.8, 4) is 11.5 Å². The van der Waals surface area contributed by atoms with Gasteiger partial charge in [-0.15, -0.1) is 40.6 Å². The Balaban J connectivity index is 0.882. The van der Waals surface area contributed by atoms with E-state index < -0.39 is 106 Å². The summed E-state index contributed by atoms with van der Waals surface area (Å²) in [6.45, 7) is 8.89. The number of hydrogen-bond acceptors (Lipinski definition) is 24. The summed E-state index contributed by atoms with van der Waals surface area (Å²) in [7, 11) is -1.64. The van der Waals surface area contributed by atoms with Crippen LogP contribution >= 0.6 is 22.7 Å². The Kier molecular flexibility index (Phi) is 17.3. The third-order valence-electron chi connectivity index (χ3n) is 13.1. The number of hydroxylamine groups is 4. The average molecular weight is 1210 g/mol. The van der Waals surface area contributed by atoms with Crippen LogP contribution in [0.4, 0.5) is 10.3 Å². The number of benzene rings is 2. The maximum Gasteiger partial charge on any atom is 0.442 e. The van der Waals surface area contributed by atoms with Crippen LogP contribution in [0, 0.1) is 0 Å². The Morgan fingerprint density at radius 3 is 1.39 bits per heavy atom. The van der Waals surface area contributed by atoms with Gasteiger partial charge in [0.15, 0.2) is 34.8 Å². The molecule has 6 heterocycles. The van der Waals surface area contributed by atoms with Gasteiger partial charge in [0.05, 0.1) is 48.0 Å². The molecule has 444 valence electrons. The number of ether oxygens (including phenoxy) is 2. The summed E-state index contributed by atoms with van der Waals surface area (Å²) >= 11 is 1.81. The van der Waals surface area contributed by atoms with Crippen LogP contribution in [0.5, 0.6) is 11.5 Å². The van der Waals surface area contributed by atoms with E-state index in [4.69, 9.17) is 50.7 Å². The first-order chi connectivity index (χ1) is 38.9. The Labute approximate surface area is 479 Å². The van der Waals surface area contributed by atoms with Crippen LogP contribution in [-0.2, 0) is 84.6 Å². The number of carboxylic acid groups (broad SMARTS) is 2. The molecule has 32 nitrogen and oxygen atoms in total. The Hall–Kier alpha value is -8.61. The molecule has 12 N–H and O–H groups in total. The van der Waals surface area contributed by atoms with Crippen molar-refractivity contribution < 1.29 is 84.5 Å². The van der Waals surface area contributed by atoms with E-state index in [2.05, 4.69) is 30.9 Å². The molecule has 8 rings (SSSR count). The van der Waals surface area contributed by atoms with Gasteiger partial charge in [-0.1, -0.05) is 10.3 Å². The minimum absolute atomic E-state index is 0.0110. The van der Waals surface area contributed by atoms with Crippen molar-refractivity contribution in [2.45, 2.75) is 102 Å². The summed E-state index contributed by atoms with van der Waals surface area (Å²) in [5.41, 5.74) is 20.4. The van der Waals surface area contributed by atoms with E-state index in [9.17, 15) is 47.4 Å². The number of nitrogens with two attached hydrogens (primary N) is 4. The number of rotatable bonds is 26. The molecule has 2 aromatic carbocycles. The number of amides is 4. The second-order valence-corrected chi connectivity index (χ2v) is 23.3. The molecule has 2 aliphatic heterocycles. The summed E-state index contributed by atoms with van der Waals surface area (Å²) in [6.07, 6.45) is 0.154. The summed E-state index contributed by atoms with van der Waals surface area (Å²) < 4.78 is 56.0. The lowest BCUT2D eigenvalue weighted by molar-refractivity contribution is -0.772. The van der Waals surface area contributed by atoms with Crippen LogP contribution in [0.3, 0.4) is 0 Å². The first kappa shape index (κ1) is 60.5. The van der Waals surface area contributed by atoms with Gasteiger partial charge in [0.2, 0.25) is 12.4 Å². The van der Waals surface area contributed by atoms with Crippen molar-refractivity contribution in [3.05, 3.63) is 70.9 Å². The number of aryl methyl sites for hydroxylation is 2. The lowest BCUT2D eigenvalue weighted by Gasteiger charge is -2.52. The van der Waals surface area contributed by atoms with Crippen molar-refractivity contribution in [3.63, 3.8) is 0 Å². The Morgan fingerprint density at radius 1 is 0.699 bits per heavy atom. The van der Waals surface area contributed by atoms with Crippen LogP contribution in [0.25, 0.3) is 21.8 Å². The smallest absolute Gasteiger partial charge is 0.442 e. The first-order valence-electron chi connectivity index (χ1n) is 25.0. The standard InChI is InChI=1S/C48H58N16O16S3/c1-23(49)15-61-17-25-13-27(9-11-31(25)59(61)7)75-19-33(43(69)70)77-57-35(29-21-81-45(51)53-29)39(65)55-37-41(67)63(47(37,3)4)79-83(73,74)80-64-42(68)38(48(64,5)6)56-40(66)36(30-22-82-46(52)54-30)58-78-34(44(71)72)20-76-28-10-12-32-26(14-28)18-62(60(32)8)16-24(2)50/h9-14,17-18,21-24,33-34,37-38H,15-16,19-20,49-50H2,1-8H3,(H6-2,51,52,53,54,55,56,65,66,69,70,71,72)/p+2/b57-35-,58-36-/t23-,24-,33+,34+,37-,38-/m1/s1. The zero-order valence-corrected chi connectivity index (χ0v) is 48.1. The SMILES string of the molecule is C[C@@H](N)C[n+]1cc2cc(OC[C@H](O/N=C(\C(=O)N[C@@H]3C(=O)N(OS(=O)(=O)ON4C(=O)[C@@H](NC(=O)/C(=N\O[C@@H](COc5ccc6c(c5)c[n+](C[C@@H](C)N)n6C)C(=O)O)c5csc(N)n5)C4(C)C)C3(C)C)c3csc(N)n3)C(=O)O)ccc2n1C. The van der Waals surface area contributed by atoms with Crippen LogP contribution < -0.4 is 52.4 Å².